The van der Waals surface area contributed by atoms with E-state index in [0.717, 1.165) is 61.0 Å². The van der Waals surface area contributed by atoms with Gasteiger partial charge in [0.1, 0.15) is 11.2 Å². The number of nitrogens with zero attached hydrogens (tertiary/aromatic N) is 2. The predicted octanol–water partition coefficient (Wildman–Crippen LogP) is 13.2. The van der Waals surface area contributed by atoms with Gasteiger partial charge < -0.3 is 9.32 Å². The molecule has 0 saturated heterocycles. The van der Waals surface area contributed by atoms with Gasteiger partial charge in [-0.25, -0.2) is 0 Å². The molecule has 50 heavy (non-hydrogen) atoms. The topological polar surface area (TPSA) is 29.3 Å². The summed E-state index contributed by atoms with van der Waals surface area (Å²) in [6.45, 7) is 0. The fourth-order valence-electron chi connectivity index (χ4n) is 7.58. The molecular weight excluding hydrogens is 609 g/mol. The summed E-state index contributed by atoms with van der Waals surface area (Å²) in [5.41, 5.74) is 10.5. The van der Waals surface area contributed by atoms with Crippen molar-refractivity contribution in [2.24, 2.45) is 0 Å². The van der Waals surface area contributed by atoms with Crippen LogP contribution >= 0.6 is 0 Å². The molecule has 10 rings (SSSR count). The van der Waals surface area contributed by atoms with E-state index in [9.17, 15) is 0 Å². The van der Waals surface area contributed by atoms with Gasteiger partial charge in [0.15, 0.2) is 0 Å². The summed E-state index contributed by atoms with van der Waals surface area (Å²) in [5.74, 6) is 0. The Morgan fingerprint density at radius 2 is 0.980 bits per heavy atom. The van der Waals surface area contributed by atoms with E-state index in [2.05, 4.69) is 163 Å². The van der Waals surface area contributed by atoms with Crippen molar-refractivity contribution in [3.63, 3.8) is 0 Å². The minimum Gasteiger partial charge on any atom is -0.455 e. The fraction of sp³-hybridized carbons (Fsp3) is 0. The van der Waals surface area contributed by atoms with Crippen LogP contribution in [-0.4, -0.2) is 4.98 Å². The van der Waals surface area contributed by atoms with Crippen LogP contribution in [-0.2, 0) is 0 Å². The predicted molar refractivity (Wildman–Crippen MR) is 210 cm³/mol. The Kier molecular flexibility index (Phi) is 6.49. The third-order valence-corrected chi connectivity index (χ3v) is 9.86. The van der Waals surface area contributed by atoms with Gasteiger partial charge in [-0.15, -0.1) is 0 Å². The molecule has 8 aromatic carbocycles. The van der Waals surface area contributed by atoms with Crippen LogP contribution in [0.15, 0.2) is 187 Å². The first-order valence-electron chi connectivity index (χ1n) is 17.0. The molecule has 0 aliphatic heterocycles. The average Bonchev–Trinajstić information content (AvgIpc) is 3.58. The van der Waals surface area contributed by atoms with Gasteiger partial charge in [0, 0.05) is 28.3 Å². The molecule has 0 atom stereocenters. The van der Waals surface area contributed by atoms with E-state index >= 15 is 0 Å². The molecule has 2 heterocycles. The molecule has 0 N–H and O–H groups in total. The molecule has 0 radical (unpaired) electrons. The monoisotopic (exact) mass is 638 g/mol. The molecular formula is C47H30N2O. The lowest BCUT2D eigenvalue weighted by Gasteiger charge is -2.27. The van der Waals surface area contributed by atoms with Crippen molar-refractivity contribution in [2.45, 2.75) is 0 Å². The number of benzene rings is 8. The SMILES string of the molecule is c1cc(-c2cccc3ccccc23)cc(N(c2cccc(-c3cccc4ccccc34)c2)c2cccc3oc4c5ccccc5ncc4c23)c1. The van der Waals surface area contributed by atoms with E-state index < -0.39 is 0 Å². The normalized spacial score (nSPS) is 11.6. The van der Waals surface area contributed by atoms with E-state index in [1.165, 1.54) is 32.7 Å². The van der Waals surface area contributed by atoms with Gasteiger partial charge >= 0.3 is 0 Å². The van der Waals surface area contributed by atoms with Crippen LogP contribution in [0.3, 0.4) is 0 Å². The Morgan fingerprint density at radius 1 is 0.440 bits per heavy atom. The van der Waals surface area contributed by atoms with Crippen LogP contribution in [0.2, 0.25) is 0 Å². The first-order valence-corrected chi connectivity index (χ1v) is 17.0. The number of aromatic nitrogens is 1. The summed E-state index contributed by atoms with van der Waals surface area (Å²) in [6, 6.07) is 62.6. The summed E-state index contributed by atoms with van der Waals surface area (Å²) in [4.78, 5) is 7.24. The lowest BCUT2D eigenvalue weighted by atomic mass is 9.96. The van der Waals surface area contributed by atoms with E-state index in [-0.39, 0.29) is 0 Å². The third kappa shape index (κ3) is 4.56. The van der Waals surface area contributed by atoms with E-state index in [1.807, 2.05) is 24.4 Å². The maximum atomic E-state index is 6.64. The summed E-state index contributed by atoms with van der Waals surface area (Å²) in [6.07, 6.45) is 1.96. The number of hydrogen-bond donors (Lipinski definition) is 0. The van der Waals surface area contributed by atoms with Gasteiger partial charge in [0.25, 0.3) is 0 Å². The highest BCUT2D eigenvalue weighted by atomic mass is 16.3. The molecule has 3 nitrogen and oxygen atoms in total. The maximum absolute atomic E-state index is 6.64. The van der Waals surface area contributed by atoms with E-state index in [1.54, 1.807) is 0 Å². The van der Waals surface area contributed by atoms with Gasteiger partial charge in [0.2, 0.25) is 0 Å². The van der Waals surface area contributed by atoms with Gasteiger partial charge in [-0.2, -0.15) is 0 Å². The van der Waals surface area contributed by atoms with Crippen molar-refractivity contribution in [3.05, 3.63) is 182 Å². The number of anilines is 3. The first-order chi connectivity index (χ1) is 24.8. The molecule has 0 bridgehead atoms. The lowest BCUT2D eigenvalue weighted by molar-refractivity contribution is 0.672. The van der Waals surface area contributed by atoms with Crippen molar-refractivity contribution >= 4 is 71.4 Å². The molecule has 0 saturated carbocycles. The first kappa shape index (κ1) is 28.3. The van der Waals surface area contributed by atoms with Crippen molar-refractivity contribution in [2.75, 3.05) is 4.90 Å². The molecule has 0 spiro atoms. The molecule has 234 valence electrons. The van der Waals surface area contributed by atoms with Crippen molar-refractivity contribution in [1.82, 2.24) is 4.98 Å². The summed E-state index contributed by atoms with van der Waals surface area (Å²) >= 11 is 0. The van der Waals surface area contributed by atoms with Crippen LogP contribution in [0.4, 0.5) is 17.1 Å². The molecule has 0 unspecified atom stereocenters. The number of furan rings is 1. The van der Waals surface area contributed by atoms with Gasteiger partial charge in [-0.3, -0.25) is 4.98 Å². The molecule has 0 amide bonds. The number of pyridine rings is 1. The molecule has 3 heteroatoms. The van der Waals surface area contributed by atoms with Gasteiger partial charge in [-0.1, -0.05) is 127 Å². The number of rotatable bonds is 5. The van der Waals surface area contributed by atoms with E-state index in [4.69, 9.17) is 9.40 Å². The summed E-state index contributed by atoms with van der Waals surface area (Å²) in [7, 11) is 0. The van der Waals surface area contributed by atoms with Crippen molar-refractivity contribution in [3.8, 4) is 22.3 Å². The van der Waals surface area contributed by atoms with Crippen molar-refractivity contribution in [1.29, 1.82) is 0 Å². The fourth-order valence-corrected chi connectivity index (χ4v) is 7.58. The van der Waals surface area contributed by atoms with Crippen LogP contribution in [0.25, 0.3) is 76.6 Å². The summed E-state index contributed by atoms with van der Waals surface area (Å²) in [5, 5.41) is 7.96. The molecule has 2 aromatic heterocycles. The van der Waals surface area contributed by atoms with Crippen LogP contribution in [0.1, 0.15) is 0 Å². The Hall–Kier alpha value is -6.71. The Morgan fingerprint density at radius 3 is 1.64 bits per heavy atom. The quantitative estimate of drug-likeness (QED) is 0.188. The maximum Gasteiger partial charge on any atom is 0.146 e. The molecule has 0 aliphatic rings. The minimum absolute atomic E-state index is 0.830. The van der Waals surface area contributed by atoms with Gasteiger partial charge in [0.05, 0.1) is 16.6 Å². The molecule has 10 aromatic rings. The summed E-state index contributed by atoms with van der Waals surface area (Å²) < 4.78 is 6.64. The molecule has 0 aliphatic carbocycles. The zero-order valence-corrected chi connectivity index (χ0v) is 27.1. The second-order valence-electron chi connectivity index (χ2n) is 12.8. The Balaban J connectivity index is 1.24. The lowest BCUT2D eigenvalue weighted by Crippen LogP contribution is -2.10. The number of para-hydroxylation sites is 1. The van der Waals surface area contributed by atoms with Crippen LogP contribution < -0.4 is 4.90 Å². The third-order valence-electron chi connectivity index (χ3n) is 9.86. The second kappa shape index (κ2) is 11.5. The largest absolute Gasteiger partial charge is 0.455 e. The zero-order chi connectivity index (χ0) is 33.0. The number of fused-ring (bicyclic) bond motifs is 7. The second-order valence-corrected chi connectivity index (χ2v) is 12.8. The standard InChI is InChI=1S/C47H30N2O/c1-3-20-37-31(12-1)14-9-23-39(37)33-16-7-18-35(28-33)49(36-19-8-17-34(29-36)40-24-10-15-32-13-2-4-21-38(32)40)44-26-11-27-45-46(44)42-30-48-43-25-6-5-22-41(43)47(42)50-45/h1-30H. The van der Waals surface area contributed by atoms with Crippen LogP contribution in [0, 0.1) is 0 Å². The Labute approximate surface area is 289 Å². The molecule has 0 fully saturated rings. The number of hydrogen-bond acceptors (Lipinski definition) is 3. The average molecular weight is 639 g/mol. The highest BCUT2D eigenvalue weighted by Crippen LogP contribution is 2.45. The van der Waals surface area contributed by atoms with Crippen molar-refractivity contribution < 1.29 is 4.42 Å². The zero-order valence-electron chi connectivity index (χ0n) is 27.1. The Bertz CT molecular complexity index is 2770. The highest BCUT2D eigenvalue weighted by Gasteiger charge is 2.22. The smallest absolute Gasteiger partial charge is 0.146 e. The van der Waals surface area contributed by atoms with Crippen LogP contribution in [0.5, 0.6) is 0 Å². The minimum atomic E-state index is 0.830. The van der Waals surface area contributed by atoms with E-state index in [0.29, 0.717) is 0 Å². The van der Waals surface area contributed by atoms with Gasteiger partial charge in [-0.05, 0) is 92.3 Å². The highest BCUT2D eigenvalue weighted by molar-refractivity contribution is 6.18.